The summed E-state index contributed by atoms with van der Waals surface area (Å²) in [5, 5.41) is 6.12. The average molecular weight is 450 g/mol. The van der Waals surface area contributed by atoms with Gasteiger partial charge in [0.2, 0.25) is 5.91 Å². The molecule has 1 saturated heterocycles. The lowest BCUT2D eigenvalue weighted by Gasteiger charge is -2.35. The van der Waals surface area contributed by atoms with Gasteiger partial charge < -0.3 is 20.3 Å². The highest BCUT2D eigenvalue weighted by Crippen LogP contribution is 2.27. The molecule has 1 aliphatic heterocycles. The Labute approximate surface area is 196 Å². The van der Waals surface area contributed by atoms with Gasteiger partial charge in [-0.1, -0.05) is 49.6 Å². The quantitative estimate of drug-likeness (QED) is 0.619. The number of amides is 3. The first-order valence-corrected chi connectivity index (χ1v) is 12.3. The number of carbonyl (C=O) groups is 2. The highest BCUT2D eigenvalue weighted by Gasteiger charge is 2.29. The number of likely N-dealkylation sites (tertiary alicyclic amines) is 1. The Hall–Kier alpha value is -3.02. The van der Waals surface area contributed by atoms with Crippen molar-refractivity contribution in [2.45, 2.75) is 64.0 Å². The van der Waals surface area contributed by atoms with Gasteiger partial charge in [-0.2, -0.15) is 0 Å². The van der Waals surface area contributed by atoms with Crippen molar-refractivity contribution in [2.75, 3.05) is 13.1 Å². The van der Waals surface area contributed by atoms with E-state index in [9.17, 15) is 9.59 Å². The molecule has 2 aliphatic rings. The lowest BCUT2D eigenvalue weighted by atomic mass is 9.87. The number of piperidine rings is 1. The zero-order valence-corrected chi connectivity index (χ0v) is 19.5. The Kier molecular flexibility index (Phi) is 7.87. The molecule has 1 atom stereocenters. The van der Waals surface area contributed by atoms with Crippen molar-refractivity contribution in [1.29, 1.82) is 0 Å². The maximum atomic E-state index is 12.7. The third-order valence-electron chi connectivity index (χ3n) is 6.80. The van der Waals surface area contributed by atoms with E-state index in [4.69, 9.17) is 4.74 Å². The van der Waals surface area contributed by atoms with Crippen molar-refractivity contribution >= 4 is 11.9 Å². The summed E-state index contributed by atoms with van der Waals surface area (Å²) in [6, 6.07) is 17.3. The molecule has 2 fully saturated rings. The number of ether oxygens (including phenoxy) is 1. The molecule has 3 amide bonds. The SMILES string of the molecule is CC(NC(=O)NC1CCN(C(=O)C2CCCCC2)CC1)c1ccc(Oc2ccccc2)cc1. The maximum Gasteiger partial charge on any atom is 0.315 e. The van der Waals surface area contributed by atoms with Crippen LogP contribution in [0.25, 0.3) is 0 Å². The van der Waals surface area contributed by atoms with E-state index in [1.807, 2.05) is 66.4 Å². The van der Waals surface area contributed by atoms with E-state index < -0.39 is 0 Å². The summed E-state index contributed by atoms with van der Waals surface area (Å²) in [7, 11) is 0. The van der Waals surface area contributed by atoms with E-state index in [1.54, 1.807) is 0 Å². The van der Waals surface area contributed by atoms with Gasteiger partial charge in [0.1, 0.15) is 11.5 Å². The van der Waals surface area contributed by atoms with Gasteiger partial charge in [-0.15, -0.1) is 0 Å². The molecule has 2 aromatic rings. The fourth-order valence-electron chi connectivity index (χ4n) is 4.81. The van der Waals surface area contributed by atoms with Crippen LogP contribution in [0.2, 0.25) is 0 Å². The van der Waals surface area contributed by atoms with Crippen LogP contribution in [0.1, 0.15) is 63.5 Å². The number of carbonyl (C=O) groups excluding carboxylic acids is 2. The lowest BCUT2D eigenvalue weighted by Crippen LogP contribution is -2.50. The van der Waals surface area contributed by atoms with E-state index in [0.29, 0.717) is 5.91 Å². The van der Waals surface area contributed by atoms with E-state index in [2.05, 4.69) is 10.6 Å². The Morgan fingerprint density at radius 3 is 2.18 bits per heavy atom. The van der Waals surface area contributed by atoms with Crippen LogP contribution >= 0.6 is 0 Å². The fraction of sp³-hybridized carbons (Fsp3) is 0.481. The second-order valence-electron chi connectivity index (χ2n) is 9.26. The molecule has 176 valence electrons. The van der Waals surface area contributed by atoms with Crippen LogP contribution in [0.4, 0.5) is 4.79 Å². The summed E-state index contributed by atoms with van der Waals surface area (Å²) >= 11 is 0. The van der Waals surface area contributed by atoms with E-state index in [-0.39, 0.29) is 24.0 Å². The molecule has 2 aromatic carbocycles. The van der Waals surface area contributed by atoms with Crippen molar-refractivity contribution in [2.24, 2.45) is 5.92 Å². The number of para-hydroxylation sites is 1. The number of hydrogen-bond donors (Lipinski definition) is 2. The molecule has 4 rings (SSSR count). The summed E-state index contributed by atoms with van der Waals surface area (Å²) in [4.78, 5) is 27.3. The summed E-state index contributed by atoms with van der Waals surface area (Å²) in [6.45, 7) is 3.44. The largest absolute Gasteiger partial charge is 0.457 e. The molecular formula is C27H35N3O3. The molecule has 33 heavy (non-hydrogen) atoms. The van der Waals surface area contributed by atoms with Gasteiger partial charge in [0, 0.05) is 25.0 Å². The summed E-state index contributed by atoms with van der Waals surface area (Å²) < 4.78 is 5.83. The second kappa shape index (κ2) is 11.2. The Bertz CT molecular complexity index is 902. The number of hydrogen-bond acceptors (Lipinski definition) is 3. The van der Waals surface area contributed by atoms with Gasteiger partial charge in [0.05, 0.1) is 6.04 Å². The number of nitrogens with one attached hydrogen (secondary N) is 2. The maximum absolute atomic E-state index is 12.7. The number of rotatable bonds is 6. The summed E-state index contributed by atoms with van der Waals surface area (Å²) in [6.07, 6.45) is 7.31. The minimum Gasteiger partial charge on any atom is -0.457 e. The topological polar surface area (TPSA) is 70.7 Å². The Morgan fingerprint density at radius 1 is 0.879 bits per heavy atom. The minimum absolute atomic E-state index is 0.106. The molecule has 1 heterocycles. The van der Waals surface area contributed by atoms with E-state index in [1.165, 1.54) is 19.3 Å². The second-order valence-corrected chi connectivity index (χ2v) is 9.26. The standard InChI is InChI=1S/C27H35N3O3/c1-20(21-12-14-25(15-13-21)33-24-10-6-3-7-11-24)28-27(32)29-23-16-18-30(19-17-23)26(31)22-8-4-2-5-9-22/h3,6-7,10-15,20,22-23H,2,4-5,8-9,16-19H2,1H3,(H2,28,29,32). The monoisotopic (exact) mass is 449 g/mol. The Balaban J connectivity index is 1.20. The third-order valence-corrected chi connectivity index (χ3v) is 6.80. The average Bonchev–Trinajstić information content (AvgIpc) is 2.85. The Morgan fingerprint density at radius 2 is 1.52 bits per heavy atom. The van der Waals surface area contributed by atoms with Crippen LogP contribution in [0.5, 0.6) is 11.5 Å². The molecule has 0 aromatic heterocycles. The van der Waals surface area contributed by atoms with Gasteiger partial charge >= 0.3 is 6.03 Å². The van der Waals surface area contributed by atoms with E-state index in [0.717, 1.165) is 55.8 Å². The van der Waals surface area contributed by atoms with Crippen LogP contribution in [0.15, 0.2) is 54.6 Å². The van der Waals surface area contributed by atoms with Crippen molar-refractivity contribution in [3.63, 3.8) is 0 Å². The molecule has 1 unspecified atom stereocenters. The smallest absolute Gasteiger partial charge is 0.315 e. The third kappa shape index (κ3) is 6.50. The molecular weight excluding hydrogens is 414 g/mol. The molecule has 0 bridgehead atoms. The molecule has 1 aliphatic carbocycles. The van der Waals surface area contributed by atoms with Gasteiger partial charge in [-0.3, -0.25) is 4.79 Å². The van der Waals surface area contributed by atoms with Gasteiger partial charge in [0.25, 0.3) is 0 Å². The summed E-state index contributed by atoms with van der Waals surface area (Å²) in [5.74, 6) is 2.10. The van der Waals surface area contributed by atoms with Crippen molar-refractivity contribution in [3.8, 4) is 11.5 Å². The minimum atomic E-state index is -0.163. The predicted octanol–water partition coefficient (Wildman–Crippen LogP) is 5.41. The lowest BCUT2D eigenvalue weighted by molar-refractivity contribution is -0.137. The van der Waals surface area contributed by atoms with Gasteiger partial charge in [-0.25, -0.2) is 4.79 Å². The van der Waals surface area contributed by atoms with Crippen LogP contribution in [-0.2, 0) is 4.79 Å². The van der Waals surface area contributed by atoms with Crippen molar-refractivity contribution < 1.29 is 14.3 Å². The highest BCUT2D eigenvalue weighted by molar-refractivity contribution is 5.79. The molecule has 2 N–H and O–H groups in total. The molecule has 6 nitrogen and oxygen atoms in total. The summed E-state index contributed by atoms with van der Waals surface area (Å²) in [5.41, 5.74) is 1.01. The van der Waals surface area contributed by atoms with Crippen molar-refractivity contribution in [1.82, 2.24) is 15.5 Å². The van der Waals surface area contributed by atoms with Gasteiger partial charge in [-0.05, 0) is 62.4 Å². The fourth-order valence-corrected chi connectivity index (χ4v) is 4.81. The van der Waals surface area contributed by atoms with Crippen molar-refractivity contribution in [3.05, 3.63) is 60.2 Å². The molecule has 1 saturated carbocycles. The first-order chi connectivity index (χ1) is 16.1. The number of benzene rings is 2. The zero-order valence-electron chi connectivity index (χ0n) is 19.5. The normalized spacial score (nSPS) is 18.4. The van der Waals surface area contributed by atoms with Crippen LogP contribution in [0.3, 0.4) is 0 Å². The highest BCUT2D eigenvalue weighted by atomic mass is 16.5. The first-order valence-electron chi connectivity index (χ1n) is 12.3. The van der Waals surface area contributed by atoms with Crippen LogP contribution < -0.4 is 15.4 Å². The zero-order chi connectivity index (χ0) is 23.0. The van der Waals surface area contributed by atoms with Gasteiger partial charge in [0.15, 0.2) is 0 Å². The molecule has 0 spiro atoms. The first kappa shape index (κ1) is 23.1. The number of nitrogens with zero attached hydrogens (tertiary/aromatic N) is 1. The van der Waals surface area contributed by atoms with E-state index >= 15 is 0 Å². The van der Waals surface area contributed by atoms with Crippen LogP contribution in [0, 0.1) is 5.92 Å². The predicted molar refractivity (Wildman–Crippen MR) is 129 cm³/mol. The molecule has 6 heteroatoms. The molecule has 0 radical (unpaired) electrons. The number of urea groups is 1. The van der Waals surface area contributed by atoms with Crippen LogP contribution in [-0.4, -0.2) is 36.0 Å².